The van der Waals surface area contributed by atoms with Gasteiger partial charge in [-0.3, -0.25) is 0 Å². The number of hydrogen-bond acceptors (Lipinski definition) is 0. The summed E-state index contributed by atoms with van der Waals surface area (Å²) < 4.78 is 0. The van der Waals surface area contributed by atoms with Crippen molar-refractivity contribution < 1.29 is 0 Å². The third kappa shape index (κ3) is 0.798. The van der Waals surface area contributed by atoms with Crippen LogP contribution in [0.3, 0.4) is 0 Å². The molecule has 0 aromatic heterocycles. The molecular weight excluding hydrogens is 108 g/mol. The topological polar surface area (TPSA) is 0 Å². The molecule has 2 fully saturated rings. The highest BCUT2D eigenvalue weighted by Gasteiger charge is 2.38. The Morgan fingerprint density at radius 3 is 2.44 bits per heavy atom. The fourth-order valence-electron chi connectivity index (χ4n) is 2.73. The van der Waals surface area contributed by atoms with Crippen LogP contribution in [0.1, 0.15) is 39.0 Å². The van der Waals surface area contributed by atoms with E-state index in [-0.39, 0.29) is 0 Å². The Morgan fingerprint density at radius 1 is 1.11 bits per heavy atom. The van der Waals surface area contributed by atoms with Gasteiger partial charge >= 0.3 is 0 Å². The molecule has 0 heterocycles. The molecule has 0 spiro atoms. The van der Waals surface area contributed by atoms with Crippen LogP contribution in [0.2, 0.25) is 0 Å². The largest absolute Gasteiger partial charge is 0.0622 e. The third-order valence-corrected chi connectivity index (χ3v) is 3.37. The van der Waals surface area contributed by atoms with Crippen molar-refractivity contribution in [2.45, 2.75) is 39.0 Å². The first kappa shape index (κ1) is 5.76. The molecule has 0 nitrogen and oxygen atoms in total. The van der Waals surface area contributed by atoms with Crippen LogP contribution >= 0.6 is 0 Å². The molecule has 0 aromatic rings. The number of hydrogen-bond donors (Lipinski definition) is 0. The first-order chi connectivity index (χ1) is 4.38. The van der Waals surface area contributed by atoms with Crippen molar-refractivity contribution in [3.63, 3.8) is 0 Å². The lowest BCUT2D eigenvalue weighted by molar-refractivity contribution is 0.0421. The van der Waals surface area contributed by atoms with Crippen LogP contribution in [0.5, 0.6) is 0 Å². The average molecular weight is 124 g/mol. The molecule has 0 saturated heterocycles. The maximum Gasteiger partial charge on any atom is -0.0360 e. The normalized spacial score (nSPS) is 49.7. The van der Waals surface area contributed by atoms with Crippen molar-refractivity contribution in [3.05, 3.63) is 0 Å². The lowest BCUT2D eigenvalue weighted by Crippen LogP contribution is -2.36. The van der Waals surface area contributed by atoms with Crippen LogP contribution in [0.15, 0.2) is 0 Å². The lowest BCUT2D eigenvalue weighted by atomic mass is 9.59. The minimum Gasteiger partial charge on any atom is -0.0622 e. The summed E-state index contributed by atoms with van der Waals surface area (Å²) in [6.45, 7) is 2.42. The van der Waals surface area contributed by atoms with E-state index in [4.69, 9.17) is 0 Å². The fourth-order valence-corrected chi connectivity index (χ4v) is 2.73. The molecule has 2 saturated carbocycles. The second-order valence-electron chi connectivity index (χ2n) is 3.92. The molecule has 2 rings (SSSR count). The molecule has 0 heteroatoms. The first-order valence-corrected chi connectivity index (χ1v) is 4.38. The molecule has 3 atom stereocenters. The van der Waals surface area contributed by atoms with Gasteiger partial charge in [0.05, 0.1) is 0 Å². The highest BCUT2D eigenvalue weighted by atomic mass is 14.4. The van der Waals surface area contributed by atoms with Gasteiger partial charge in [-0.1, -0.05) is 26.2 Å². The average Bonchev–Trinajstić information content (AvgIpc) is 1.86. The Labute approximate surface area is 57.6 Å². The molecule has 0 aliphatic heterocycles. The first-order valence-electron chi connectivity index (χ1n) is 4.38. The van der Waals surface area contributed by atoms with E-state index < -0.39 is 0 Å². The van der Waals surface area contributed by atoms with Crippen LogP contribution in [-0.4, -0.2) is 0 Å². The summed E-state index contributed by atoms with van der Waals surface area (Å²) in [7, 11) is 0. The number of fused-ring (bicyclic) bond motifs is 1. The van der Waals surface area contributed by atoms with Crippen LogP contribution < -0.4 is 0 Å². The van der Waals surface area contributed by atoms with E-state index in [9.17, 15) is 0 Å². The summed E-state index contributed by atoms with van der Waals surface area (Å²) >= 11 is 0. The van der Waals surface area contributed by atoms with Gasteiger partial charge in [0.1, 0.15) is 0 Å². The molecule has 0 amide bonds. The minimum atomic E-state index is 1.08. The highest BCUT2D eigenvalue weighted by Crippen LogP contribution is 2.48. The maximum absolute atomic E-state index is 2.42. The molecule has 0 aromatic carbocycles. The SMILES string of the molecule is C[C@@H]1C[C@@H]2CCCC[C@@H]21. The Kier molecular flexibility index (Phi) is 1.28. The minimum absolute atomic E-state index is 1.08. The summed E-state index contributed by atoms with van der Waals surface area (Å²) in [6.07, 6.45) is 7.69. The molecule has 0 radical (unpaired) electrons. The van der Waals surface area contributed by atoms with E-state index >= 15 is 0 Å². The summed E-state index contributed by atoms with van der Waals surface area (Å²) in [5.74, 6) is 3.39. The van der Waals surface area contributed by atoms with Gasteiger partial charge in [0.2, 0.25) is 0 Å². The standard InChI is InChI=1S/C9H16/c1-7-6-8-4-2-3-5-9(7)8/h7-9H,2-6H2,1H3/t7-,8+,9-/m1/s1. The van der Waals surface area contributed by atoms with Gasteiger partial charge in [0, 0.05) is 0 Å². The van der Waals surface area contributed by atoms with Crippen LogP contribution in [-0.2, 0) is 0 Å². The van der Waals surface area contributed by atoms with Gasteiger partial charge in [0.25, 0.3) is 0 Å². The Balaban J connectivity index is 1.94. The molecule has 9 heavy (non-hydrogen) atoms. The van der Waals surface area contributed by atoms with Gasteiger partial charge in [-0.25, -0.2) is 0 Å². The van der Waals surface area contributed by atoms with Crippen LogP contribution in [0.25, 0.3) is 0 Å². The predicted molar refractivity (Wildman–Crippen MR) is 39.2 cm³/mol. The van der Waals surface area contributed by atoms with E-state index in [0.717, 1.165) is 17.8 Å². The van der Waals surface area contributed by atoms with Gasteiger partial charge in [-0.2, -0.15) is 0 Å². The summed E-state index contributed by atoms with van der Waals surface area (Å²) in [6, 6.07) is 0. The third-order valence-electron chi connectivity index (χ3n) is 3.37. The van der Waals surface area contributed by atoms with Crippen molar-refractivity contribution in [2.24, 2.45) is 17.8 Å². The van der Waals surface area contributed by atoms with Crippen molar-refractivity contribution in [1.29, 1.82) is 0 Å². The van der Waals surface area contributed by atoms with Gasteiger partial charge < -0.3 is 0 Å². The molecular formula is C9H16. The van der Waals surface area contributed by atoms with E-state index in [2.05, 4.69) is 6.92 Å². The zero-order valence-electron chi connectivity index (χ0n) is 6.27. The molecule has 2 aliphatic carbocycles. The summed E-state index contributed by atoms with van der Waals surface area (Å²) in [5.41, 5.74) is 0. The van der Waals surface area contributed by atoms with Gasteiger partial charge in [0.15, 0.2) is 0 Å². The lowest BCUT2D eigenvalue weighted by Gasteiger charge is -2.46. The maximum atomic E-state index is 2.42. The second-order valence-corrected chi connectivity index (χ2v) is 3.92. The van der Waals surface area contributed by atoms with Crippen LogP contribution in [0.4, 0.5) is 0 Å². The van der Waals surface area contributed by atoms with E-state index in [1.54, 1.807) is 19.3 Å². The predicted octanol–water partition coefficient (Wildman–Crippen LogP) is 2.83. The Hall–Kier alpha value is 0. The van der Waals surface area contributed by atoms with E-state index in [0.29, 0.717) is 0 Å². The quantitative estimate of drug-likeness (QED) is 0.466. The highest BCUT2D eigenvalue weighted by molar-refractivity contribution is 4.88. The van der Waals surface area contributed by atoms with Crippen molar-refractivity contribution in [1.82, 2.24) is 0 Å². The Bertz CT molecular complexity index is 105. The van der Waals surface area contributed by atoms with Crippen molar-refractivity contribution in [3.8, 4) is 0 Å². The second kappa shape index (κ2) is 2.00. The molecule has 0 unspecified atom stereocenters. The fraction of sp³-hybridized carbons (Fsp3) is 1.00. The summed E-state index contributed by atoms with van der Waals surface area (Å²) in [5, 5.41) is 0. The zero-order chi connectivity index (χ0) is 6.27. The molecule has 2 aliphatic rings. The number of rotatable bonds is 0. The van der Waals surface area contributed by atoms with Gasteiger partial charge in [-0.05, 0) is 30.6 Å². The Morgan fingerprint density at radius 2 is 1.89 bits per heavy atom. The summed E-state index contributed by atoms with van der Waals surface area (Å²) in [4.78, 5) is 0. The van der Waals surface area contributed by atoms with Crippen LogP contribution in [0, 0.1) is 17.8 Å². The molecule has 52 valence electrons. The monoisotopic (exact) mass is 124 g/mol. The van der Waals surface area contributed by atoms with Gasteiger partial charge in [-0.15, -0.1) is 0 Å². The molecule has 0 bridgehead atoms. The van der Waals surface area contributed by atoms with Crippen molar-refractivity contribution >= 4 is 0 Å². The molecule has 0 N–H and O–H groups in total. The zero-order valence-corrected chi connectivity index (χ0v) is 6.27. The smallest absolute Gasteiger partial charge is 0.0360 e. The van der Waals surface area contributed by atoms with E-state index in [1.807, 2.05) is 0 Å². The van der Waals surface area contributed by atoms with Crippen molar-refractivity contribution in [2.75, 3.05) is 0 Å². The van der Waals surface area contributed by atoms with E-state index in [1.165, 1.54) is 12.8 Å².